The Kier molecular flexibility index (Phi) is 4.85. The largest absolute Gasteiger partial charge is 0.497 e. The molecule has 0 saturated carbocycles. The Balaban J connectivity index is 2.00. The predicted octanol–water partition coefficient (Wildman–Crippen LogP) is 3.15. The standard InChI is InChI=1S/C20H23FN2O3/c1-5-22-7-6-12(2)19(20(22)25)23-11-14(9-17(23)24)18-13(3)8-15(26-4)10-16(18)21/h6-8,10,14H,5,9,11H2,1-4H3/t14-/m0/s1. The van der Waals surface area contributed by atoms with Crippen LogP contribution >= 0.6 is 0 Å². The fourth-order valence-corrected chi connectivity index (χ4v) is 3.71. The van der Waals surface area contributed by atoms with E-state index in [1.54, 1.807) is 16.8 Å². The molecular formula is C20H23FN2O3. The van der Waals surface area contributed by atoms with E-state index in [0.717, 1.165) is 11.1 Å². The van der Waals surface area contributed by atoms with Gasteiger partial charge in [0.1, 0.15) is 17.3 Å². The van der Waals surface area contributed by atoms with Crippen molar-refractivity contribution < 1.29 is 13.9 Å². The lowest BCUT2D eigenvalue weighted by Gasteiger charge is -2.20. The highest BCUT2D eigenvalue weighted by molar-refractivity contribution is 5.97. The second-order valence-corrected chi connectivity index (χ2v) is 6.68. The number of amides is 1. The molecule has 3 rings (SSSR count). The number of methoxy groups -OCH3 is 1. The van der Waals surface area contributed by atoms with E-state index in [0.29, 0.717) is 30.1 Å². The zero-order valence-corrected chi connectivity index (χ0v) is 15.5. The molecule has 2 heterocycles. The number of benzene rings is 1. The second kappa shape index (κ2) is 6.94. The van der Waals surface area contributed by atoms with E-state index >= 15 is 0 Å². The van der Waals surface area contributed by atoms with Gasteiger partial charge in [0.15, 0.2) is 0 Å². The maximum Gasteiger partial charge on any atom is 0.274 e. The Labute approximate surface area is 152 Å². The first-order valence-electron chi connectivity index (χ1n) is 8.71. The molecule has 0 spiro atoms. The van der Waals surface area contributed by atoms with Gasteiger partial charge in [-0.1, -0.05) is 0 Å². The summed E-state index contributed by atoms with van der Waals surface area (Å²) in [6, 6.07) is 4.94. The number of carbonyl (C=O) groups excluding carboxylic acids is 1. The molecule has 0 aliphatic carbocycles. The van der Waals surface area contributed by atoms with Crippen LogP contribution in [0, 0.1) is 19.7 Å². The number of nitrogens with zero attached hydrogens (tertiary/aromatic N) is 2. The van der Waals surface area contributed by atoms with Gasteiger partial charge in [-0.2, -0.15) is 0 Å². The van der Waals surface area contributed by atoms with Gasteiger partial charge in [0, 0.05) is 37.7 Å². The van der Waals surface area contributed by atoms with Crippen LogP contribution < -0.4 is 15.2 Å². The lowest BCUT2D eigenvalue weighted by atomic mass is 9.93. The number of rotatable bonds is 4. The molecule has 6 heteroatoms. The van der Waals surface area contributed by atoms with Crippen LogP contribution in [0.1, 0.15) is 36.0 Å². The summed E-state index contributed by atoms with van der Waals surface area (Å²) in [5.74, 6) is -0.368. The number of hydrogen-bond donors (Lipinski definition) is 0. The fraction of sp³-hybridized carbons (Fsp3) is 0.400. The molecular weight excluding hydrogens is 335 g/mol. The van der Waals surface area contributed by atoms with E-state index in [4.69, 9.17) is 4.74 Å². The summed E-state index contributed by atoms with van der Waals surface area (Å²) in [5, 5.41) is 0. The minimum Gasteiger partial charge on any atom is -0.497 e. The molecule has 0 radical (unpaired) electrons. The fourth-order valence-electron chi connectivity index (χ4n) is 3.71. The smallest absolute Gasteiger partial charge is 0.274 e. The second-order valence-electron chi connectivity index (χ2n) is 6.68. The third-order valence-corrected chi connectivity index (χ3v) is 5.03. The molecule has 26 heavy (non-hydrogen) atoms. The van der Waals surface area contributed by atoms with Crippen molar-refractivity contribution in [3.05, 3.63) is 57.3 Å². The van der Waals surface area contributed by atoms with Crippen molar-refractivity contribution in [2.24, 2.45) is 0 Å². The summed E-state index contributed by atoms with van der Waals surface area (Å²) < 4.78 is 21.3. The monoisotopic (exact) mass is 358 g/mol. The van der Waals surface area contributed by atoms with Gasteiger partial charge in [-0.15, -0.1) is 0 Å². The van der Waals surface area contributed by atoms with E-state index in [-0.39, 0.29) is 29.6 Å². The third kappa shape index (κ3) is 3.00. The molecule has 1 aliphatic heterocycles. The number of aryl methyl sites for hydroxylation is 3. The zero-order valence-electron chi connectivity index (χ0n) is 15.5. The van der Waals surface area contributed by atoms with Crippen molar-refractivity contribution in [2.45, 2.75) is 39.7 Å². The van der Waals surface area contributed by atoms with E-state index in [1.165, 1.54) is 18.1 Å². The van der Waals surface area contributed by atoms with Crippen LogP contribution in [-0.4, -0.2) is 24.1 Å². The molecule has 0 unspecified atom stereocenters. The highest BCUT2D eigenvalue weighted by Gasteiger charge is 2.36. The normalized spacial score (nSPS) is 17.0. The Morgan fingerprint density at radius 3 is 2.58 bits per heavy atom. The van der Waals surface area contributed by atoms with Crippen LogP contribution in [0.3, 0.4) is 0 Å². The molecule has 1 saturated heterocycles. The minimum absolute atomic E-state index is 0.154. The first-order chi connectivity index (χ1) is 12.4. The van der Waals surface area contributed by atoms with Crippen molar-refractivity contribution in [1.82, 2.24) is 4.57 Å². The Bertz CT molecular complexity index is 897. The number of pyridine rings is 1. The van der Waals surface area contributed by atoms with Crippen molar-refractivity contribution in [3.8, 4) is 5.75 Å². The first-order valence-corrected chi connectivity index (χ1v) is 8.71. The Morgan fingerprint density at radius 1 is 1.23 bits per heavy atom. The van der Waals surface area contributed by atoms with Gasteiger partial charge in [0.25, 0.3) is 5.56 Å². The quantitative estimate of drug-likeness (QED) is 0.844. The maximum absolute atomic E-state index is 14.6. The number of anilines is 1. The molecule has 1 fully saturated rings. The average molecular weight is 358 g/mol. The predicted molar refractivity (Wildman–Crippen MR) is 98.5 cm³/mol. The minimum atomic E-state index is -0.378. The van der Waals surface area contributed by atoms with Crippen LogP contribution in [0.4, 0.5) is 10.1 Å². The maximum atomic E-state index is 14.6. The molecule has 138 valence electrons. The van der Waals surface area contributed by atoms with Crippen molar-refractivity contribution in [1.29, 1.82) is 0 Å². The summed E-state index contributed by atoms with van der Waals surface area (Å²) in [6.07, 6.45) is 1.91. The first kappa shape index (κ1) is 18.2. The molecule has 0 N–H and O–H groups in total. The summed E-state index contributed by atoms with van der Waals surface area (Å²) in [4.78, 5) is 26.8. The topological polar surface area (TPSA) is 51.5 Å². The van der Waals surface area contributed by atoms with Gasteiger partial charge >= 0.3 is 0 Å². The van der Waals surface area contributed by atoms with Gasteiger partial charge in [-0.25, -0.2) is 4.39 Å². The van der Waals surface area contributed by atoms with E-state index in [1.807, 2.05) is 26.8 Å². The molecule has 1 aromatic heterocycles. The van der Waals surface area contributed by atoms with E-state index in [9.17, 15) is 14.0 Å². The highest BCUT2D eigenvalue weighted by atomic mass is 19.1. The van der Waals surface area contributed by atoms with Gasteiger partial charge in [0.2, 0.25) is 5.91 Å². The van der Waals surface area contributed by atoms with Crippen LogP contribution in [0.2, 0.25) is 0 Å². The van der Waals surface area contributed by atoms with Gasteiger partial charge in [-0.3, -0.25) is 9.59 Å². The van der Waals surface area contributed by atoms with Crippen LogP contribution in [0.5, 0.6) is 5.75 Å². The molecule has 2 aromatic rings. The van der Waals surface area contributed by atoms with Crippen molar-refractivity contribution in [2.75, 3.05) is 18.6 Å². The molecule has 0 bridgehead atoms. The third-order valence-electron chi connectivity index (χ3n) is 5.03. The number of hydrogen-bond acceptors (Lipinski definition) is 3. The van der Waals surface area contributed by atoms with E-state index in [2.05, 4.69) is 0 Å². The molecule has 1 aliphatic rings. The Morgan fingerprint density at radius 2 is 1.96 bits per heavy atom. The lowest BCUT2D eigenvalue weighted by Crippen LogP contribution is -2.34. The molecule has 1 aromatic carbocycles. The number of aromatic nitrogens is 1. The molecule has 1 amide bonds. The average Bonchev–Trinajstić information content (AvgIpc) is 2.95. The summed E-state index contributed by atoms with van der Waals surface area (Å²) in [6.45, 7) is 6.34. The van der Waals surface area contributed by atoms with Gasteiger partial charge in [-0.05, 0) is 49.6 Å². The van der Waals surface area contributed by atoms with E-state index < -0.39 is 0 Å². The van der Waals surface area contributed by atoms with Crippen molar-refractivity contribution >= 4 is 11.6 Å². The lowest BCUT2D eigenvalue weighted by molar-refractivity contribution is -0.117. The van der Waals surface area contributed by atoms with Crippen LogP contribution in [0.25, 0.3) is 0 Å². The van der Waals surface area contributed by atoms with Gasteiger partial charge in [0.05, 0.1) is 7.11 Å². The van der Waals surface area contributed by atoms with Crippen LogP contribution in [0.15, 0.2) is 29.2 Å². The van der Waals surface area contributed by atoms with Crippen molar-refractivity contribution in [3.63, 3.8) is 0 Å². The van der Waals surface area contributed by atoms with Crippen LogP contribution in [-0.2, 0) is 11.3 Å². The zero-order chi connectivity index (χ0) is 19.0. The number of ether oxygens (including phenoxy) is 1. The number of halogens is 1. The number of carbonyl (C=O) groups is 1. The summed E-state index contributed by atoms with van der Waals surface area (Å²) >= 11 is 0. The highest BCUT2D eigenvalue weighted by Crippen LogP contribution is 2.36. The molecule has 5 nitrogen and oxygen atoms in total. The Hall–Kier alpha value is -2.63. The summed E-state index contributed by atoms with van der Waals surface area (Å²) in [7, 11) is 1.49. The van der Waals surface area contributed by atoms with Gasteiger partial charge < -0.3 is 14.2 Å². The summed E-state index contributed by atoms with van der Waals surface area (Å²) in [5.41, 5.74) is 2.23. The SMILES string of the molecule is CCn1ccc(C)c(N2C[C@@H](c3c(C)cc(OC)cc3F)CC2=O)c1=O. The molecule has 1 atom stereocenters.